The molecule has 1 aromatic heterocycles. The number of thiol groups is 1. The molecule has 0 atom stereocenters. The fourth-order valence-corrected chi connectivity index (χ4v) is 4.44. The van der Waals surface area contributed by atoms with Gasteiger partial charge in [0.25, 0.3) is 0 Å². The van der Waals surface area contributed by atoms with E-state index in [2.05, 4.69) is 17.9 Å². The number of hydrogen-bond acceptors (Lipinski definition) is 3. The lowest BCUT2D eigenvalue weighted by Gasteiger charge is -2.09. The Morgan fingerprint density at radius 3 is 2.48 bits per heavy atom. The number of thiophene rings is 1. The van der Waals surface area contributed by atoms with E-state index in [4.69, 9.17) is 0 Å². The standard InChI is InChI=1S/C20H18F3NOS2/c1-12(25)24-9-8-16-17-11-15(26)6-7-18(17)27-19(16)10-13-2-4-14(5-3-13)20(21,22)23/h2-7,11,26H,8-10H2,1H3,(H,24,25). The second-order valence-corrected chi connectivity index (χ2v) is 7.94. The molecule has 0 bridgehead atoms. The summed E-state index contributed by atoms with van der Waals surface area (Å²) in [5, 5.41) is 3.88. The zero-order valence-electron chi connectivity index (χ0n) is 14.6. The second kappa shape index (κ2) is 7.94. The van der Waals surface area contributed by atoms with Gasteiger partial charge in [-0.3, -0.25) is 4.79 Å². The quantitative estimate of drug-likeness (QED) is 0.537. The monoisotopic (exact) mass is 409 g/mol. The number of carbonyl (C=O) groups is 1. The van der Waals surface area contributed by atoms with Gasteiger partial charge >= 0.3 is 6.18 Å². The maximum atomic E-state index is 12.8. The molecule has 27 heavy (non-hydrogen) atoms. The van der Waals surface area contributed by atoms with Crippen LogP contribution in [0.5, 0.6) is 0 Å². The fraction of sp³-hybridized carbons (Fsp3) is 0.250. The molecule has 142 valence electrons. The van der Waals surface area contributed by atoms with Crippen LogP contribution in [-0.2, 0) is 23.8 Å². The van der Waals surface area contributed by atoms with Crippen molar-refractivity contribution < 1.29 is 18.0 Å². The van der Waals surface area contributed by atoms with Crippen molar-refractivity contribution in [3.8, 4) is 0 Å². The topological polar surface area (TPSA) is 29.1 Å². The molecule has 0 spiro atoms. The number of halogens is 3. The van der Waals surface area contributed by atoms with Crippen molar-refractivity contribution in [1.29, 1.82) is 0 Å². The summed E-state index contributed by atoms with van der Waals surface area (Å²) < 4.78 is 39.4. The molecule has 0 saturated carbocycles. The van der Waals surface area contributed by atoms with Crippen molar-refractivity contribution in [2.45, 2.75) is 30.8 Å². The van der Waals surface area contributed by atoms with Gasteiger partial charge in [-0.15, -0.1) is 24.0 Å². The number of alkyl halides is 3. The van der Waals surface area contributed by atoms with E-state index < -0.39 is 11.7 Å². The van der Waals surface area contributed by atoms with Crippen LogP contribution in [0, 0.1) is 0 Å². The van der Waals surface area contributed by atoms with Crippen molar-refractivity contribution >= 4 is 40.0 Å². The number of hydrogen-bond donors (Lipinski definition) is 2. The Morgan fingerprint density at radius 1 is 1.15 bits per heavy atom. The van der Waals surface area contributed by atoms with Crippen LogP contribution in [0.1, 0.15) is 28.5 Å². The first kappa shape index (κ1) is 19.8. The van der Waals surface area contributed by atoms with E-state index in [1.165, 1.54) is 19.1 Å². The van der Waals surface area contributed by atoms with E-state index in [0.717, 1.165) is 43.1 Å². The molecule has 7 heteroatoms. The first-order valence-corrected chi connectivity index (χ1v) is 9.64. The Kier molecular flexibility index (Phi) is 5.81. The minimum atomic E-state index is -4.33. The lowest BCUT2D eigenvalue weighted by Crippen LogP contribution is -2.22. The lowest BCUT2D eigenvalue weighted by molar-refractivity contribution is -0.137. The van der Waals surface area contributed by atoms with Crippen molar-refractivity contribution in [2.75, 3.05) is 6.54 Å². The number of rotatable bonds is 5. The summed E-state index contributed by atoms with van der Waals surface area (Å²) in [5.74, 6) is -0.0892. The summed E-state index contributed by atoms with van der Waals surface area (Å²) in [6.45, 7) is 1.98. The molecule has 0 aliphatic heterocycles. The van der Waals surface area contributed by atoms with E-state index in [1.54, 1.807) is 11.3 Å². The molecule has 1 amide bonds. The summed E-state index contributed by atoms with van der Waals surface area (Å²) in [4.78, 5) is 13.1. The zero-order chi connectivity index (χ0) is 19.6. The van der Waals surface area contributed by atoms with Crippen molar-refractivity contribution in [3.05, 3.63) is 64.0 Å². The zero-order valence-corrected chi connectivity index (χ0v) is 16.3. The highest BCUT2D eigenvalue weighted by molar-refractivity contribution is 7.80. The minimum absolute atomic E-state index is 0.0892. The SMILES string of the molecule is CC(=O)NCCc1c(Cc2ccc(C(F)(F)F)cc2)sc2ccc(S)cc12. The number of nitrogens with one attached hydrogen (secondary N) is 1. The van der Waals surface area contributed by atoms with E-state index in [1.807, 2.05) is 18.2 Å². The van der Waals surface area contributed by atoms with Crippen LogP contribution in [0.25, 0.3) is 10.1 Å². The van der Waals surface area contributed by atoms with Crippen LogP contribution in [0.4, 0.5) is 13.2 Å². The third kappa shape index (κ3) is 4.84. The number of carbonyl (C=O) groups excluding carboxylic acids is 1. The molecule has 3 rings (SSSR count). The van der Waals surface area contributed by atoms with Gasteiger partial charge in [-0.1, -0.05) is 12.1 Å². The maximum Gasteiger partial charge on any atom is 0.416 e. The smallest absolute Gasteiger partial charge is 0.356 e. The van der Waals surface area contributed by atoms with Gasteiger partial charge < -0.3 is 5.32 Å². The summed E-state index contributed by atoms with van der Waals surface area (Å²) in [5.41, 5.74) is 1.29. The molecule has 1 heterocycles. The third-order valence-corrected chi connectivity index (χ3v) is 5.74. The van der Waals surface area contributed by atoms with Crippen LogP contribution in [0.3, 0.4) is 0 Å². The van der Waals surface area contributed by atoms with Crippen LogP contribution in [0.15, 0.2) is 47.4 Å². The van der Waals surface area contributed by atoms with Gasteiger partial charge in [0.15, 0.2) is 0 Å². The molecule has 0 aliphatic rings. The van der Waals surface area contributed by atoms with Gasteiger partial charge in [0.1, 0.15) is 0 Å². The molecule has 2 aromatic carbocycles. The Bertz CT molecular complexity index is 962. The molecule has 2 nitrogen and oxygen atoms in total. The average molecular weight is 409 g/mol. The molecule has 0 unspecified atom stereocenters. The van der Waals surface area contributed by atoms with Crippen LogP contribution in [0.2, 0.25) is 0 Å². The summed E-state index contributed by atoms with van der Waals surface area (Å²) in [6.07, 6.45) is -3.12. The van der Waals surface area contributed by atoms with Crippen LogP contribution in [-0.4, -0.2) is 12.5 Å². The van der Waals surface area contributed by atoms with Crippen molar-refractivity contribution in [1.82, 2.24) is 5.32 Å². The van der Waals surface area contributed by atoms with Gasteiger partial charge in [0, 0.05) is 34.4 Å². The Hall–Kier alpha value is -1.99. The van der Waals surface area contributed by atoms with Crippen LogP contribution < -0.4 is 5.32 Å². The molecule has 0 radical (unpaired) electrons. The molecular formula is C20H18F3NOS2. The highest BCUT2D eigenvalue weighted by Crippen LogP contribution is 2.35. The Labute approximate surface area is 164 Å². The van der Waals surface area contributed by atoms with E-state index >= 15 is 0 Å². The normalized spacial score (nSPS) is 11.7. The third-order valence-electron chi connectivity index (χ3n) is 4.25. The summed E-state index contributed by atoms with van der Waals surface area (Å²) >= 11 is 6.03. The van der Waals surface area contributed by atoms with Gasteiger partial charge in [-0.2, -0.15) is 13.2 Å². The van der Waals surface area contributed by atoms with Crippen molar-refractivity contribution in [3.63, 3.8) is 0 Å². The van der Waals surface area contributed by atoms with E-state index in [9.17, 15) is 18.0 Å². The van der Waals surface area contributed by atoms with Gasteiger partial charge in [-0.25, -0.2) is 0 Å². The highest BCUT2D eigenvalue weighted by atomic mass is 32.1. The molecule has 0 aliphatic carbocycles. The van der Waals surface area contributed by atoms with Gasteiger partial charge in [-0.05, 0) is 53.3 Å². The highest BCUT2D eigenvalue weighted by Gasteiger charge is 2.30. The molecule has 0 saturated heterocycles. The molecule has 0 fully saturated rings. The Balaban J connectivity index is 1.91. The first-order valence-electron chi connectivity index (χ1n) is 8.38. The number of fused-ring (bicyclic) bond motifs is 1. The fourth-order valence-electron chi connectivity index (χ4n) is 2.96. The minimum Gasteiger partial charge on any atom is -0.356 e. The number of amides is 1. The number of benzene rings is 2. The molecule has 3 aromatic rings. The van der Waals surface area contributed by atoms with Crippen molar-refractivity contribution in [2.24, 2.45) is 0 Å². The largest absolute Gasteiger partial charge is 0.416 e. The summed E-state index contributed by atoms with van der Waals surface area (Å²) in [7, 11) is 0. The summed E-state index contributed by atoms with van der Waals surface area (Å²) in [6, 6.07) is 11.2. The second-order valence-electron chi connectivity index (χ2n) is 6.29. The lowest BCUT2D eigenvalue weighted by atomic mass is 10.0. The molecular weight excluding hydrogens is 391 g/mol. The van der Waals surface area contributed by atoms with Gasteiger partial charge in [0.05, 0.1) is 5.56 Å². The van der Waals surface area contributed by atoms with Gasteiger partial charge in [0.2, 0.25) is 5.91 Å². The first-order chi connectivity index (χ1) is 12.7. The average Bonchev–Trinajstić information content (AvgIpc) is 2.91. The van der Waals surface area contributed by atoms with E-state index in [0.29, 0.717) is 19.4 Å². The van der Waals surface area contributed by atoms with Crippen LogP contribution >= 0.6 is 24.0 Å². The maximum absolute atomic E-state index is 12.8. The molecule has 1 N–H and O–H groups in total. The predicted molar refractivity (Wildman–Crippen MR) is 106 cm³/mol. The Morgan fingerprint density at radius 2 is 1.85 bits per heavy atom. The van der Waals surface area contributed by atoms with E-state index in [-0.39, 0.29) is 5.91 Å². The predicted octanol–water partition coefficient (Wildman–Crippen LogP) is 5.48.